The number of anilines is 3. The molecule has 2 heterocycles. The predicted molar refractivity (Wildman–Crippen MR) is 125 cm³/mol. The first-order valence-electron chi connectivity index (χ1n) is 10.7. The van der Waals surface area contributed by atoms with Gasteiger partial charge in [0.25, 0.3) is 11.8 Å². The number of amides is 2. The maximum Gasteiger partial charge on any atom is 0.259 e. The minimum absolute atomic E-state index is 0.240. The third-order valence-corrected chi connectivity index (χ3v) is 5.36. The molecular weight excluding hydrogens is 420 g/mol. The van der Waals surface area contributed by atoms with E-state index in [0.717, 1.165) is 24.1 Å². The first-order valence-corrected chi connectivity index (χ1v) is 10.7. The highest BCUT2D eigenvalue weighted by atomic mass is 16.5. The standard InChI is InChI=1S/C24H26N6O3/c1-13-10-21(28-14(2)27-13)30-20-11-19(18(12-26-20)23(31)25-3)29-24(32)17-7-5-6-16(15-8-9-15)22(17)33-4/h5-7,10-12,15H,8-9H2,1-4H3,(H,25,31)(H2,26,27,28,29,30,32). The van der Waals surface area contributed by atoms with E-state index in [2.05, 4.69) is 30.9 Å². The van der Waals surface area contributed by atoms with Crippen molar-refractivity contribution in [2.75, 3.05) is 24.8 Å². The Labute approximate surface area is 192 Å². The third-order valence-electron chi connectivity index (χ3n) is 5.36. The molecule has 0 atom stereocenters. The number of hydrogen-bond donors (Lipinski definition) is 3. The van der Waals surface area contributed by atoms with Gasteiger partial charge < -0.3 is 20.7 Å². The Morgan fingerprint density at radius 2 is 1.82 bits per heavy atom. The van der Waals surface area contributed by atoms with Crippen molar-refractivity contribution in [3.8, 4) is 5.75 Å². The molecule has 4 rings (SSSR count). The quantitative estimate of drug-likeness (QED) is 0.506. The minimum atomic E-state index is -0.370. The number of aryl methyl sites for hydroxylation is 2. The smallest absolute Gasteiger partial charge is 0.259 e. The SMILES string of the molecule is CNC(=O)c1cnc(Nc2cc(C)nc(C)n2)cc1NC(=O)c1cccc(C2CC2)c1OC. The van der Waals surface area contributed by atoms with Crippen LogP contribution in [0.25, 0.3) is 0 Å². The van der Waals surface area contributed by atoms with Crippen molar-refractivity contribution in [3.05, 3.63) is 64.7 Å². The highest BCUT2D eigenvalue weighted by molar-refractivity contribution is 6.10. The van der Waals surface area contributed by atoms with Crippen LogP contribution >= 0.6 is 0 Å². The Bertz CT molecular complexity index is 1200. The zero-order chi connectivity index (χ0) is 23.5. The highest BCUT2D eigenvalue weighted by Gasteiger charge is 2.29. The minimum Gasteiger partial charge on any atom is -0.496 e. The predicted octanol–water partition coefficient (Wildman–Crippen LogP) is 3.73. The Kier molecular flexibility index (Phi) is 6.21. The summed E-state index contributed by atoms with van der Waals surface area (Å²) in [5, 5.41) is 8.55. The molecule has 33 heavy (non-hydrogen) atoms. The second-order valence-electron chi connectivity index (χ2n) is 7.92. The number of nitrogens with one attached hydrogen (secondary N) is 3. The number of hydrogen-bond acceptors (Lipinski definition) is 7. The van der Waals surface area contributed by atoms with E-state index in [-0.39, 0.29) is 17.4 Å². The first-order chi connectivity index (χ1) is 15.9. The molecule has 1 fully saturated rings. The van der Waals surface area contributed by atoms with Gasteiger partial charge in [-0.15, -0.1) is 0 Å². The zero-order valence-electron chi connectivity index (χ0n) is 19.0. The summed E-state index contributed by atoms with van der Waals surface area (Å²) in [5.41, 5.74) is 2.81. The van der Waals surface area contributed by atoms with Crippen LogP contribution in [0.15, 0.2) is 36.5 Å². The van der Waals surface area contributed by atoms with Crippen molar-refractivity contribution in [1.82, 2.24) is 20.3 Å². The fourth-order valence-electron chi connectivity index (χ4n) is 3.72. The second kappa shape index (κ2) is 9.23. The normalized spacial score (nSPS) is 12.7. The van der Waals surface area contributed by atoms with Gasteiger partial charge in [0, 0.05) is 31.1 Å². The molecule has 9 heteroatoms. The molecule has 3 aromatic rings. The molecular formula is C24H26N6O3. The summed E-state index contributed by atoms with van der Waals surface area (Å²) in [6.07, 6.45) is 3.59. The van der Waals surface area contributed by atoms with Gasteiger partial charge in [-0.2, -0.15) is 0 Å². The summed E-state index contributed by atoms with van der Waals surface area (Å²) in [5.74, 6) is 1.87. The van der Waals surface area contributed by atoms with Gasteiger partial charge in [-0.05, 0) is 44.2 Å². The maximum absolute atomic E-state index is 13.2. The van der Waals surface area contributed by atoms with Crippen LogP contribution in [0.2, 0.25) is 0 Å². The number of pyridine rings is 1. The lowest BCUT2D eigenvalue weighted by Gasteiger charge is -2.15. The van der Waals surface area contributed by atoms with E-state index in [4.69, 9.17) is 4.74 Å². The van der Waals surface area contributed by atoms with E-state index in [0.29, 0.717) is 40.4 Å². The van der Waals surface area contributed by atoms with Crippen molar-refractivity contribution in [1.29, 1.82) is 0 Å². The summed E-state index contributed by atoms with van der Waals surface area (Å²) < 4.78 is 5.58. The molecule has 0 spiro atoms. The summed E-state index contributed by atoms with van der Waals surface area (Å²) in [6, 6.07) is 8.94. The van der Waals surface area contributed by atoms with E-state index >= 15 is 0 Å². The molecule has 1 aromatic carbocycles. The maximum atomic E-state index is 13.2. The number of methoxy groups -OCH3 is 1. The number of carbonyl (C=O) groups excluding carboxylic acids is 2. The van der Waals surface area contributed by atoms with E-state index in [1.54, 1.807) is 32.2 Å². The van der Waals surface area contributed by atoms with Crippen LogP contribution in [-0.4, -0.2) is 40.9 Å². The molecule has 1 aliphatic rings. The topological polar surface area (TPSA) is 118 Å². The fraction of sp³-hybridized carbons (Fsp3) is 0.292. The van der Waals surface area contributed by atoms with Gasteiger partial charge in [-0.1, -0.05) is 12.1 Å². The number of benzene rings is 1. The lowest BCUT2D eigenvalue weighted by Crippen LogP contribution is -2.22. The summed E-state index contributed by atoms with van der Waals surface area (Å²) in [4.78, 5) is 38.6. The van der Waals surface area contributed by atoms with E-state index in [1.807, 2.05) is 19.1 Å². The number of carbonyl (C=O) groups is 2. The number of ether oxygens (including phenoxy) is 1. The van der Waals surface area contributed by atoms with Gasteiger partial charge in [0.2, 0.25) is 0 Å². The van der Waals surface area contributed by atoms with Crippen LogP contribution in [-0.2, 0) is 0 Å². The molecule has 2 amide bonds. The highest BCUT2D eigenvalue weighted by Crippen LogP contribution is 2.45. The average molecular weight is 447 g/mol. The summed E-state index contributed by atoms with van der Waals surface area (Å²) >= 11 is 0. The lowest BCUT2D eigenvalue weighted by molar-refractivity contribution is 0.0963. The molecule has 0 aliphatic heterocycles. The van der Waals surface area contributed by atoms with Crippen molar-refractivity contribution in [2.45, 2.75) is 32.6 Å². The first kappa shape index (κ1) is 22.2. The van der Waals surface area contributed by atoms with Gasteiger partial charge in [0.05, 0.1) is 23.9 Å². The molecule has 1 aliphatic carbocycles. The third kappa shape index (κ3) is 4.92. The number of nitrogens with zero attached hydrogens (tertiary/aromatic N) is 3. The Balaban J connectivity index is 1.67. The number of aromatic nitrogens is 3. The van der Waals surface area contributed by atoms with E-state index in [1.165, 1.54) is 13.2 Å². The van der Waals surface area contributed by atoms with Gasteiger partial charge in [-0.25, -0.2) is 15.0 Å². The Hall–Kier alpha value is -4.01. The Morgan fingerprint density at radius 3 is 2.48 bits per heavy atom. The summed E-state index contributed by atoms with van der Waals surface area (Å²) in [6.45, 7) is 3.67. The molecule has 0 radical (unpaired) electrons. The van der Waals surface area contributed by atoms with Crippen molar-refractivity contribution < 1.29 is 14.3 Å². The molecule has 9 nitrogen and oxygen atoms in total. The van der Waals surface area contributed by atoms with Crippen LogP contribution in [0.4, 0.5) is 17.3 Å². The Morgan fingerprint density at radius 1 is 1.03 bits per heavy atom. The molecule has 0 bridgehead atoms. The molecule has 170 valence electrons. The van der Waals surface area contributed by atoms with Crippen LogP contribution in [0.3, 0.4) is 0 Å². The summed E-state index contributed by atoms with van der Waals surface area (Å²) in [7, 11) is 3.09. The molecule has 0 saturated heterocycles. The van der Waals surface area contributed by atoms with Gasteiger partial charge >= 0.3 is 0 Å². The monoisotopic (exact) mass is 446 g/mol. The number of para-hydroxylation sites is 1. The lowest BCUT2D eigenvalue weighted by atomic mass is 10.0. The van der Waals surface area contributed by atoms with Crippen LogP contribution in [0, 0.1) is 13.8 Å². The molecule has 3 N–H and O–H groups in total. The van der Waals surface area contributed by atoms with Gasteiger partial charge in [0.15, 0.2) is 0 Å². The van der Waals surface area contributed by atoms with E-state index < -0.39 is 0 Å². The van der Waals surface area contributed by atoms with Crippen LogP contribution in [0.1, 0.15) is 56.6 Å². The van der Waals surface area contributed by atoms with Crippen molar-refractivity contribution in [2.24, 2.45) is 0 Å². The number of rotatable bonds is 7. The molecule has 0 unspecified atom stereocenters. The average Bonchev–Trinajstić information content (AvgIpc) is 3.63. The molecule has 2 aromatic heterocycles. The zero-order valence-corrected chi connectivity index (χ0v) is 19.0. The molecule has 1 saturated carbocycles. The van der Waals surface area contributed by atoms with Crippen LogP contribution < -0.4 is 20.7 Å². The van der Waals surface area contributed by atoms with Gasteiger partial charge in [-0.3, -0.25) is 9.59 Å². The van der Waals surface area contributed by atoms with Crippen molar-refractivity contribution in [3.63, 3.8) is 0 Å². The van der Waals surface area contributed by atoms with Crippen molar-refractivity contribution >= 4 is 29.1 Å². The fourth-order valence-corrected chi connectivity index (χ4v) is 3.72. The van der Waals surface area contributed by atoms with Gasteiger partial charge in [0.1, 0.15) is 23.2 Å². The largest absolute Gasteiger partial charge is 0.496 e. The van der Waals surface area contributed by atoms with E-state index in [9.17, 15) is 9.59 Å². The van der Waals surface area contributed by atoms with Crippen LogP contribution in [0.5, 0.6) is 5.75 Å². The second-order valence-corrected chi connectivity index (χ2v) is 7.92.